The molecule has 0 N–H and O–H groups in total. The molecule has 6 aromatic carbocycles. The highest BCUT2D eigenvalue weighted by molar-refractivity contribution is 6.09. The Bertz CT molecular complexity index is 2870. The Morgan fingerprint density at radius 2 is 1.09 bits per heavy atom. The normalized spacial score (nSPS) is 11.5. The topological polar surface area (TPSA) is 44.9 Å². The molecule has 5 heteroatoms. The Kier molecular flexibility index (Phi) is 8.43. The van der Waals surface area contributed by atoms with Crippen LogP contribution in [0, 0.1) is 41.5 Å². The number of rotatable bonds is 7. The van der Waals surface area contributed by atoms with Crippen LogP contribution in [-0.4, -0.2) is 19.1 Å². The first-order valence-corrected chi connectivity index (χ1v) is 18.8. The van der Waals surface area contributed by atoms with Crippen molar-refractivity contribution in [2.75, 3.05) is 0 Å². The Morgan fingerprint density at radius 1 is 0.473 bits per heavy atom. The average Bonchev–Trinajstić information content (AvgIpc) is 3.78. The van der Waals surface area contributed by atoms with E-state index in [1.807, 2.05) is 12.5 Å². The number of ether oxygens (including phenoxy) is 1. The minimum absolute atomic E-state index is 0.744. The summed E-state index contributed by atoms with van der Waals surface area (Å²) in [4.78, 5) is 9.86. The van der Waals surface area contributed by atoms with Crippen LogP contribution in [0.3, 0.4) is 0 Å². The standard InChI is InChI=1S/C50H42N4O/c1-31-12-9-13-32(2)48(31)37-22-23-51-47(27-37)54-45-19-8-7-18-42(45)43-21-20-40(28-46(43)54)55-41-25-38(24-39(26-41)49-33(3)14-10-15-34(49)4)44-29-53(30-52-44)50-35(5)16-11-17-36(50)6/h7-30H,1-6H3. The molecule has 0 fully saturated rings. The van der Waals surface area contributed by atoms with Gasteiger partial charge in [0.1, 0.15) is 17.3 Å². The number of hydrogen-bond donors (Lipinski definition) is 0. The molecule has 0 aliphatic carbocycles. The Balaban J connectivity index is 1.18. The van der Waals surface area contributed by atoms with Crippen LogP contribution in [0.15, 0.2) is 146 Å². The second kappa shape index (κ2) is 13.6. The molecule has 0 unspecified atom stereocenters. The molecular formula is C50H42N4O. The van der Waals surface area contributed by atoms with E-state index in [0.717, 1.165) is 61.8 Å². The van der Waals surface area contributed by atoms with E-state index in [9.17, 15) is 0 Å². The minimum atomic E-state index is 0.744. The third-order valence-electron chi connectivity index (χ3n) is 10.9. The smallest absolute Gasteiger partial charge is 0.138 e. The molecule has 3 heterocycles. The highest BCUT2D eigenvalue weighted by Gasteiger charge is 2.18. The van der Waals surface area contributed by atoms with Crippen molar-refractivity contribution in [3.05, 3.63) is 179 Å². The fourth-order valence-corrected chi connectivity index (χ4v) is 8.39. The van der Waals surface area contributed by atoms with E-state index in [4.69, 9.17) is 14.7 Å². The number of imidazole rings is 1. The Morgan fingerprint density at radius 3 is 1.80 bits per heavy atom. The zero-order valence-electron chi connectivity index (χ0n) is 32.1. The van der Waals surface area contributed by atoms with Gasteiger partial charge in [-0.05, 0) is 146 Å². The molecule has 0 bridgehead atoms. The maximum Gasteiger partial charge on any atom is 0.138 e. The zero-order valence-corrected chi connectivity index (χ0v) is 32.1. The lowest BCUT2D eigenvalue weighted by Gasteiger charge is -2.15. The lowest BCUT2D eigenvalue weighted by atomic mass is 9.94. The summed E-state index contributed by atoms with van der Waals surface area (Å²) in [5.74, 6) is 2.35. The molecular weight excluding hydrogens is 673 g/mol. The van der Waals surface area contributed by atoms with E-state index in [-0.39, 0.29) is 0 Å². The average molecular weight is 715 g/mol. The SMILES string of the molecule is Cc1cccc(C)c1-c1cc(Oc2ccc3c4ccccc4n(-c4cc(-c5c(C)cccc5C)ccn4)c3c2)cc(-c2cn(-c3c(C)cccc3C)cn2)c1. The maximum atomic E-state index is 6.86. The van der Waals surface area contributed by atoms with E-state index in [1.54, 1.807) is 0 Å². The van der Waals surface area contributed by atoms with Crippen LogP contribution < -0.4 is 4.74 Å². The number of benzene rings is 6. The summed E-state index contributed by atoms with van der Waals surface area (Å²) in [7, 11) is 0. The fourth-order valence-electron chi connectivity index (χ4n) is 8.39. The number of nitrogens with zero attached hydrogens (tertiary/aromatic N) is 4. The van der Waals surface area contributed by atoms with Crippen LogP contribution >= 0.6 is 0 Å². The molecule has 0 saturated carbocycles. The number of hydrogen-bond acceptors (Lipinski definition) is 3. The summed E-state index contributed by atoms with van der Waals surface area (Å²) < 4.78 is 11.2. The highest BCUT2D eigenvalue weighted by atomic mass is 16.5. The number of aromatic nitrogens is 4. The largest absolute Gasteiger partial charge is 0.457 e. The molecule has 5 nitrogen and oxygen atoms in total. The quantitative estimate of drug-likeness (QED) is 0.165. The van der Waals surface area contributed by atoms with Crippen molar-refractivity contribution in [2.24, 2.45) is 0 Å². The molecule has 0 aliphatic rings. The summed E-state index contributed by atoms with van der Waals surface area (Å²) in [6, 6.07) is 45.0. The molecule has 0 spiro atoms. The van der Waals surface area contributed by atoms with E-state index in [2.05, 4.69) is 184 Å². The Hall–Kier alpha value is -6.72. The molecule has 0 atom stereocenters. The predicted molar refractivity (Wildman–Crippen MR) is 227 cm³/mol. The van der Waals surface area contributed by atoms with Gasteiger partial charge in [-0.25, -0.2) is 9.97 Å². The van der Waals surface area contributed by atoms with Crippen molar-refractivity contribution in [1.82, 2.24) is 19.1 Å². The lowest BCUT2D eigenvalue weighted by Crippen LogP contribution is -1.98. The molecule has 9 aromatic rings. The third kappa shape index (κ3) is 6.08. The van der Waals surface area contributed by atoms with Crippen molar-refractivity contribution < 1.29 is 4.74 Å². The fraction of sp³-hybridized carbons (Fsp3) is 0.120. The van der Waals surface area contributed by atoms with E-state index < -0.39 is 0 Å². The van der Waals surface area contributed by atoms with Crippen molar-refractivity contribution in [3.63, 3.8) is 0 Å². The van der Waals surface area contributed by atoms with Crippen LogP contribution in [0.4, 0.5) is 0 Å². The molecule has 268 valence electrons. The van der Waals surface area contributed by atoms with E-state index >= 15 is 0 Å². The third-order valence-corrected chi connectivity index (χ3v) is 10.9. The number of fused-ring (bicyclic) bond motifs is 3. The molecule has 0 amide bonds. The van der Waals surface area contributed by atoms with Crippen molar-refractivity contribution >= 4 is 21.8 Å². The summed E-state index contributed by atoms with van der Waals surface area (Å²) in [6.45, 7) is 13.0. The molecule has 9 rings (SSSR count). The van der Waals surface area contributed by atoms with E-state index in [0.29, 0.717) is 0 Å². The molecule has 55 heavy (non-hydrogen) atoms. The van der Waals surface area contributed by atoms with Gasteiger partial charge in [0.25, 0.3) is 0 Å². The van der Waals surface area contributed by atoms with Gasteiger partial charge >= 0.3 is 0 Å². The van der Waals surface area contributed by atoms with Gasteiger partial charge in [-0.2, -0.15) is 0 Å². The first-order valence-electron chi connectivity index (χ1n) is 18.8. The second-order valence-corrected chi connectivity index (χ2v) is 14.7. The van der Waals surface area contributed by atoms with Crippen LogP contribution in [0.1, 0.15) is 33.4 Å². The van der Waals surface area contributed by atoms with Gasteiger partial charge in [0.15, 0.2) is 0 Å². The highest BCUT2D eigenvalue weighted by Crippen LogP contribution is 2.39. The monoisotopic (exact) mass is 714 g/mol. The first kappa shape index (κ1) is 34.1. The number of aryl methyl sites for hydroxylation is 6. The first-order chi connectivity index (χ1) is 26.7. The molecule has 0 radical (unpaired) electrons. The van der Waals surface area contributed by atoms with Gasteiger partial charge in [0.05, 0.1) is 28.7 Å². The van der Waals surface area contributed by atoms with Crippen LogP contribution in [0.2, 0.25) is 0 Å². The summed E-state index contributed by atoms with van der Waals surface area (Å²) in [5, 5.41) is 2.31. The predicted octanol–water partition coefficient (Wildman–Crippen LogP) is 13.0. The summed E-state index contributed by atoms with van der Waals surface area (Å²) in [5.41, 5.74) is 17.2. The van der Waals surface area contributed by atoms with Gasteiger partial charge in [-0.15, -0.1) is 0 Å². The van der Waals surface area contributed by atoms with Gasteiger partial charge in [-0.1, -0.05) is 72.8 Å². The number of pyridine rings is 1. The molecule has 0 saturated heterocycles. The second-order valence-electron chi connectivity index (χ2n) is 14.7. The van der Waals surface area contributed by atoms with E-state index in [1.165, 1.54) is 49.9 Å². The Labute approximate surface area is 322 Å². The van der Waals surface area contributed by atoms with Crippen molar-refractivity contribution in [3.8, 4) is 56.5 Å². The van der Waals surface area contributed by atoms with Crippen LogP contribution in [-0.2, 0) is 0 Å². The van der Waals surface area contributed by atoms with Gasteiger partial charge in [0.2, 0.25) is 0 Å². The lowest BCUT2D eigenvalue weighted by molar-refractivity contribution is 0.483. The molecule has 3 aromatic heterocycles. The van der Waals surface area contributed by atoms with Crippen molar-refractivity contribution in [2.45, 2.75) is 41.5 Å². The van der Waals surface area contributed by atoms with Gasteiger partial charge in [0, 0.05) is 34.8 Å². The molecule has 0 aliphatic heterocycles. The summed E-state index contributed by atoms with van der Waals surface area (Å²) >= 11 is 0. The number of para-hydroxylation sites is 2. The van der Waals surface area contributed by atoms with Gasteiger partial charge < -0.3 is 9.30 Å². The van der Waals surface area contributed by atoms with Crippen LogP contribution in [0.25, 0.3) is 66.8 Å². The van der Waals surface area contributed by atoms with Crippen molar-refractivity contribution in [1.29, 1.82) is 0 Å². The summed E-state index contributed by atoms with van der Waals surface area (Å²) in [6.07, 6.45) is 5.94. The minimum Gasteiger partial charge on any atom is -0.457 e. The zero-order chi connectivity index (χ0) is 37.8. The van der Waals surface area contributed by atoms with Gasteiger partial charge in [-0.3, -0.25) is 4.57 Å². The van der Waals surface area contributed by atoms with Crippen LogP contribution in [0.5, 0.6) is 11.5 Å². The maximum absolute atomic E-state index is 6.86.